The average molecular weight is 206 g/mol. The van der Waals surface area contributed by atoms with Gasteiger partial charge in [-0.1, -0.05) is 6.07 Å². The minimum absolute atomic E-state index is 0. The Morgan fingerprint density at radius 1 is 1.29 bits per heavy atom. The molecule has 0 spiro atoms. The number of aliphatic carboxylic acids is 1. The van der Waals surface area contributed by atoms with Gasteiger partial charge in [-0.25, -0.2) is 4.79 Å². The fourth-order valence-electron chi connectivity index (χ4n) is 0.812. The molecule has 0 unspecified atom stereocenters. The standard InChI is InChI=1S/C9H8O4.Mg.2H/c10-7-3-1-6(5-8(7)11)2-4-9(12)13;;;/h1-5,10-11H,(H,12,13);;;/q;+2;2*-1/b4-2+;;;. The summed E-state index contributed by atoms with van der Waals surface area (Å²) in [5, 5.41) is 26.3. The molecule has 4 nitrogen and oxygen atoms in total. The summed E-state index contributed by atoms with van der Waals surface area (Å²) < 4.78 is 0. The van der Waals surface area contributed by atoms with Crippen LogP contribution in [0.15, 0.2) is 24.3 Å². The maximum absolute atomic E-state index is 10.1. The number of hydrogen-bond acceptors (Lipinski definition) is 3. The number of phenols is 2. The number of aromatic hydroxyl groups is 2. The normalized spacial score (nSPS) is 9.71. The molecular weight excluding hydrogens is 196 g/mol. The van der Waals surface area contributed by atoms with E-state index in [-0.39, 0.29) is 37.4 Å². The van der Waals surface area contributed by atoms with E-state index in [9.17, 15) is 4.79 Å². The van der Waals surface area contributed by atoms with Crippen molar-refractivity contribution in [3.63, 3.8) is 0 Å². The van der Waals surface area contributed by atoms with Gasteiger partial charge in [0, 0.05) is 6.08 Å². The number of carbonyl (C=O) groups is 1. The van der Waals surface area contributed by atoms with Gasteiger partial charge < -0.3 is 18.2 Å². The van der Waals surface area contributed by atoms with E-state index < -0.39 is 5.97 Å². The average Bonchev–Trinajstić information content (AvgIpc) is 2.07. The number of hydrogen-bond donors (Lipinski definition) is 3. The zero-order valence-corrected chi connectivity index (χ0v) is 8.76. The molecule has 0 heterocycles. The molecule has 14 heavy (non-hydrogen) atoms. The van der Waals surface area contributed by atoms with Crippen molar-refractivity contribution in [2.45, 2.75) is 0 Å². The number of carboxylic acids is 1. The summed E-state index contributed by atoms with van der Waals surface area (Å²) >= 11 is 0. The summed E-state index contributed by atoms with van der Waals surface area (Å²) in [6, 6.07) is 4.06. The first-order valence-electron chi connectivity index (χ1n) is 3.52. The van der Waals surface area contributed by atoms with Crippen LogP contribution in [0.4, 0.5) is 0 Å². The van der Waals surface area contributed by atoms with Gasteiger partial charge in [-0.2, -0.15) is 0 Å². The van der Waals surface area contributed by atoms with Crippen LogP contribution in [0.3, 0.4) is 0 Å². The first kappa shape index (κ1) is 12.8. The van der Waals surface area contributed by atoms with Crippen LogP contribution in [0.5, 0.6) is 11.5 Å². The molecule has 0 fully saturated rings. The smallest absolute Gasteiger partial charge is 1.00 e. The van der Waals surface area contributed by atoms with Crippen molar-refractivity contribution in [1.29, 1.82) is 0 Å². The third kappa shape index (κ3) is 3.67. The molecule has 0 amide bonds. The van der Waals surface area contributed by atoms with Crippen LogP contribution >= 0.6 is 0 Å². The van der Waals surface area contributed by atoms with Gasteiger partial charge >= 0.3 is 29.0 Å². The zero-order valence-electron chi connectivity index (χ0n) is 9.34. The van der Waals surface area contributed by atoms with Crippen LogP contribution in [-0.2, 0) is 4.79 Å². The molecule has 0 aromatic heterocycles. The first-order chi connectivity index (χ1) is 6.09. The Balaban J connectivity index is -0.000000563. The van der Waals surface area contributed by atoms with Gasteiger partial charge in [0.05, 0.1) is 0 Å². The molecule has 5 heteroatoms. The second-order valence-corrected chi connectivity index (χ2v) is 2.42. The summed E-state index contributed by atoms with van der Waals surface area (Å²) in [6.07, 6.45) is 2.27. The third-order valence-corrected chi connectivity index (χ3v) is 1.42. The molecule has 3 N–H and O–H groups in total. The minimum Gasteiger partial charge on any atom is -1.00 e. The molecular formula is C9H10MgO4. The SMILES string of the molecule is O=C(O)/C=C/c1ccc(O)c(O)c1.[H-].[H-].[Mg+2]. The predicted octanol–water partition coefficient (Wildman–Crippen LogP) is 1.04. The molecule has 0 radical (unpaired) electrons. The van der Waals surface area contributed by atoms with Crippen molar-refractivity contribution in [2.24, 2.45) is 0 Å². The van der Waals surface area contributed by atoms with Crippen molar-refractivity contribution in [1.82, 2.24) is 0 Å². The second-order valence-electron chi connectivity index (χ2n) is 2.42. The van der Waals surface area contributed by atoms with Gasteiger partial charge in [0.2, 0.25) is 0 Å². The molecule has 1 aromatic carbocycles. The molecule has 0 saturated heterocycles. The first-order valence-corrected chi connectivity index (χ1v) is 3.52. The van der Waals surface area contributed by atoms with E-state index in [0.29, 0.717) is 5.56 Å². The van der Waals surface area contributed by atoms with Crippen molar-refractivity contribution >= 4 is 35.1 Å². The second kappa shape index (κ2) is 5.51. The summed E-state index contributed by atoms with van der Waals surface area (Å²) in [6.45, 7) is 0. The van der Waals surface area contributed by atoms with Crippen LogP contribution in [0.25, 0.3) is 6.08 Å². The molecule has 0 saturated carbocycles. The molecule has 0 aliphatic carbocycles. The van der Waals surface area contributed by atoms with Gasteiger partial charge in [0.1, 0.15) is 0 Å². The topological polar surface area (TPSA) is 77.8 Å². The summed E-state index contributed by atoms with van der Waals surface area (Å²) in [4.78, 5) is 10.1. The monoisotopic (exact) mass is 206 g/mol. The third-order valence-electron chi connectivity index (χ3n) is 1.42. The van der Waals surface area contributed by atoms with Crippen LogP contribution < -0.4 is 0 Å². The molecule has 0 atom stereocenters. The molecule has 1 aromatic rings. The van der Waals surface area contributed by atoms with Crippen LogP contribution in [-0.4, -0.2) is 44.3 Å². The van der Waals surface area contributed by atoms with E-state index in [1.54, 1.807) is 0 Å². The van der Waals surface area contributed by atoms with Crippen LogP contribution in [0, 0.1) is 0 Å². The largest absolute Gasteiger partial charge is 2.00 e. The molecule has 0 aliphatic rings. The Labute approximate surface area is 99.6 Å². The van der Waals surface area contributed by atoms with Crippen molar-refractivity contribution in [3.05, 3.63) is 29.8 Å². The summed E-state index contributed by atoms with van der Waals surface area (Å²) in [5.41, 5.74) is 0.512. The number of rotatable bonds is 2. The molecule has 0 aliphatic heterocycles. The van der Waals surface area contributed by atoms with Gasteiger partial charge in [-0.15, -0.1) is 0 Å². The van der Waals surface area contributed by atoms with E-state index in [2.05, 4.69) is 0 Å². The van der Waals surface area contributed by atoms with E-state index >= 15 is 0 Å². The van der Waals surface area contributed by atoms with Crippen molar-refractivity contribution in [2.75, 3.05) is 0 Å². The molecule has 1 rings (SSSR count). The van der Waals surface area contributed by atoms with Crippen LogP contribution in [0.1, 0.15) is 8.42 Å². The van der Waals surface area contributed by atoms with E-state index in [1.807, 2.05) is 0 Å². The van der Waals surface area contributed by atoms with Gasteiger partial charge in [-0.3, -0.25) is 0 Å². The number of phenolic OH excluding ortho intramolecular Hbond substituents is 2. The Morgan fingerprint density at radius 3 is 2.43 bits per heavy atom. The van der Waals surface area contributed by atoms with E-state index in [4.69, 9.17) is 15.3 Å². The van der Waals surface area contributed by atoms with Gasteiger partial charge in [-0.05, 0) is 23.8 Å². The fraction of sp³-hybridized carbons (Fsp3) is 0. The fourth-order valence-corrected chi connectivity index (χ4v) is 0.812. The van der Waals surface area contributed by atoms with Crippen molar-refractivity contribution in [3.8, 4) is 11.5 Å². The summed E-state index contributed by atoms with van der Waals surface area (Å²) in [7, 11) is 0. The van der Waals surface area contributed by atoms with E-state index in [0.717, 1.165) is 6.08 Å². The number of carboxylic acid groups (broad SMARTS) is 1. The molecule has 72 valence electrons. The van der Waals surface area contributed by atoms with E-state index in [1.165, 1.54) is 24.3 Å². The van der Waals surface area contributed by atoms with Gasteiger partial charge in [0.25, 0.3) is 0 Å². The Morgan fingerprint density at radius 2 is 1.93 bits per heavy atom. The molecule has 0 bridgehead atoms. The van der Waals surface area contributed by atoms with Gasteiger partial charge in [0.15, 0.2) is 11.5 Å². The maximum atomic E-state index is 10.1. The Kier molecular flexibility index (Phi) is 5.04. The number of benzene rings is 1. The summed E-state index contributed by atoms with van der Waals surface area (Å²) in [5.74, 6) is -1.56. The Hall–Kier alpha value is -1.20. The maximum Gasteiger partial charge on any atom is 2.00 e. The van der Waals surface area contributed by atoms with Crippen molar-refractivity contribution < 1.29 is 23.0 Å². The predicted molar refractivity (Wildman–Crippen MR) is 54.4 cm³/mol. The Bertz CT molecular complexity index is 369. The minimum atomic E-state index is -1.06. The zero-order chi connectivity index (χ0) is 9.84. The van der Waals surface area contributed by atoms with Crippen LogP contribution in [0.2, 0.25) is 0 Å². The quantitative estimate of drug-likeness (QED) is 0.384.